The van der Waals surface area contributed by atoms with Crippen LogP contribution in [-0.2, 0) is 11.2 Å². The Morgan fingerprint density at radius 2 is 2.04 bits per heavy atom. The summed E-state index contributed by atoms with van der Waals surface area (Å²) in [6, 6.07) is 8.28. The fourth-order valence-corrected chi connectivity index (χ4v) is 4.54. The van der Waals surface area contributed by atoms with Crippen LogP contribution in [0.3, 0.4) is 0 Å². The first-order chi connectivity index (χ1) is 13.6. The van der Waals surface area contributed by atoms with Crippen LogP contribution in [0.15, 0.2) is 24.3 Å². The van der Waals surface area contributed by atoms with E-state index in [1.165, 1.54) is 12.8 Å². The molecule has 1 aromatic carbocycles. The van der Waals surface area contributed by atoms with E-state index in [1.807, 2.05) is 29.6 Å². The minimum atomic E-state index is 0.106. The normalized spacial score (nSPS) is 20.0. The van der Waals surface area contributed by atoms with E-state index in [0.29, 0.717) is 25.3 Å². The molecule has 6 nitrogen and oxygen atoms in total. The smallest absolute Gasteiger partial charge is 0.220 e. The fraction of sp³-hybridized carbons (Fsp3) is 0.500. The van der Waals surface area contributed by atoms with Gasteiger partial charge in [0.05, 0.1) is 5.52 Å². The lowest BCUT2D eigenvalue weighted by Gasteiger charge is -2.31. The van der Waals surface area contributed by atoms with Gasteiger partial charge < -0.3 is 11.1 Å². The number of carbonyl (C=O) groups is 1. The molecular formula is C22H29N5O. The van der Waals surface area contributed by atoms with Crippen molar-refractivity contribution in [3.63, 3.8) is 0 Å². The molecule has 1 fully saturated rings. The van der Waals surface area contributed by atoms with Crippen molar-refractivity contribution in [2.45, 2.75) is 58.4 Å². The van der Waals surface area contributed by atoms with Crippen molar-refractivity contribution < 1.29 is 4.79 Å². The van der Waals surface area contributed by atoms with E-state index < -0.39 is 0 Å². The van der Waals surface area contributed by atoms with Crippen LogP contribution >= 0.6 is 0 Å². The minimum absolute atomic E-state index is 0.106. The van der Waals surface area contributed by atoms with E-state index in [2.05, 4.69) is 18.3 Å². The number of hydrogen-bond donors (Lipinski definition) is 2. The van der Waals surface area contributed by atoms with E-state index >= 15 is 0 Å². The largest absolute Gasteiger partial charge is 0.353 e. The van der Waals surface area contributed by atoms with E-state index in [0.717, 1.165) is 46.3 Å². The Bertz CT molecular complexity index is 1010. The summed E-state index contributed by atoms with van der Waals surface area (Å²) in [6.45, 7) is 4.73. The average Bonchev–Trinajstić information content (AvgIpc) is 3.07. The lowest BCUT2D eigenvalue weighted by molar-refractivity contribution is -0.122. The topological polar surface area (TPSA) is 85.3 Å². The number of aromatic nitrogens is 3. The van der Waals surface area contributed by atoms with Gasteiger partial charge in [-0.2, -0.15) is 5.10 Å². The predicted octanol–water partition coefficient (Wildman–Crippen LogP) is 3.07. The number of nitrogens with one attached hydrogen (secondary N) is 1. The lowest BCUT2D eigenvalue weighted by atomic mass is 9.84. The van der Waals surface area contributed by atoms with Gasteiger partial charge in [-0.1, -0.05) is 25.0 Å². The molecule has 2 atom stereocenters. The van der Waals surface area contributed by atoms with Crippen LogP contribution < -0.4 is 11.1 Å². The molecule has 4 rings (SSSR count). The van der Waals surface area contributed by atoms with Gasteiger partial charge in [-0.05, 0) is 63.3 Å². The molecule has 0 radical (unpaired) electrons. The zero-order valence-corrected chi connectivity index (χ0v) is 16.7. The second-order valence-corrected chi connectivity index (χ2v) is 7.97. The number of hydrogen-bond acceptors (Lipinski definition) is 4. The number of nitrogens with two attached hydrogens (primary N) is 1. The van der Waals surface area contributed by atoms with Gasteiger partial charge in [-0.15, -0.1) is 0 Å². The van der Waals surface area contributed by atoms with Gasteiger partial charge in [0, 0.05) is 29.2 Å². The van der Waals surface area contributed by atoms with E-state index in [-0.39, 0.29) is 11.9 Å². The van der Waals surface area contributed by atoms with E-state index in [9.17, 15) is 4.79 Å². The molecule has 28 heavy (non-hydrogen) atoms. The molecule has 0 saturated heterocycles. The van der Waals surface area contributed by atoms with Crippen LogP contribution in [0.25, 0.3) is 16.6 Å². The van der Waals surface area contributed by atoms with Crippen LogP contribution in [0.4, 0.5) is 0 Å². The predicted molar refractivity (Wildman–Crippen MR) is 111 cm³/mol. The second-order valence-electron chi connectivity index (χ2n) is 7.97. The first-order valence-corrected chi connectivity index (χ1v) is 10.3. The number of benzene rings is 1. The molecule has 1 aliphatic rings. The van der Waals surface area contributed by atoms with Crippen LogP contribution in [0, 0.1) is 19.8 Å². The molecule has 148 valence electrons. The first kappa shape index (κ1) is 18.9. The molecule has 2 heterocycles. The number of amides is 1. The van der Waals surface area contributed by atoms with E-state index in [1.54, 1.807) is 0 Å². The maximum atomic E-state index is 12.6. The molecule has 2 aromatic heterocycles. The summed E-state index contributed by atoms with van der Waals surface area (Å²) in [5.41, 5.74) is 10.9. The molecule has 1 aliphatic carbocycles. The summed E-state index contributed by atoms with van der Waals surface area (Å²) < 4.78 is 1.91. The Labute approximate surface area is 165 Å². The van der Waals surface area contributed by atoms with Gasteiger partial charge in [0.25, 0.3) is 0 Å². The number of fused-ring (bicyclic) bond motifs is 3. The third-order valence-electron chi connectivity index (χ3n) is 6.18. The Morgan fingerprint density at radius 1 is 1.25 bits per heavy atom. The van der Waals surface area contributed by atoms with Crippen molar-refractivity contribution in [1.29, 1.82) is 0 Å². The summed E-state index contributed by atoms with van der Waals surface area (Å²) in [7, 11) is 0. The van der Waals surface area contributed by atoms with Crippen molar-refractivity contribution in [3.8, 4) is 0 Å². The van der Waals surface area contributed by atoms with Crippen molar-refractivity contribution in [3.05, 3.63) is 41.2 Å². The highest BCUT2D eigenvalue weighted by molar-refractivity contribution is 5.92. The number of rotatable bonds is 5. The number of carbonyl (C=O) groups excluding carboxylic acids is 1. The number of nitrogens with zero attached hydrogens (tertiary/aromatic N) is 3. The van der Waals surface area contributed by atoms with Crippen molar-refractivity contribution in [2.75, 3.05) is 6.54 Å². The van der Waals surface area contributed by atoms with Gasteiger partial charge in [-0.3, -0.25) is 4.79 Å². The molecule has 1 saturated carbocycles. The van der Waals surface area contributed by atoms with Crippen LogP contribution in [0.2, 0.25) is 0 Å². The summed E-state index contributed by atoms with van der Waals surface area (Å²) >= 11 is 0. The SMILES string of the molecule is Cc1nc2c3ccccc3nn2c(C)c1CCC(=O)NC1CCCCC1CN. The van der Waals surface area contributed by atoms with Gasteiger partial charge in [-0.25, -0.2) is 9.50 Å². The molecule has 0 bridgehead atoms. The zero-order valence-electron chi connectivity index (χ0n) is 16.7. The first-order valence-electron chi connectivity index (χ1n) is 10.3. The third kappa shape index (κ3) is 3.49. The van der Waals surface area contributed by atoms with Gasteiger partial charge in [0.15, 0.2) is 5.65 Å². The summed E-state index contributed by atoms with van der Waals surface area (Å²) in [6.07, 6.45) is 5.68. The Kier molecular flexibility index (Phi) is 5.31. The van der Waals surface area contributed by atoms with Crippen LogP contribution in [0.1, 0.15) is 49.1 Å². The summed E-state index contributed by atoms with van der Waals surface area (Å²) in [4.78, 5) is 17.4. The highest BCUT2D eigenvalue weighted by atomic mass is 16.1. The Hall–Kier alpha value is -2.47. The fourth-order valence-electron chi connectivity index (χ4n) is 4.54. The van der Waals surface area contributed by atoms with Gasteiger partial charge >= 0.3 is 0 Å². The third-order valence-corrected chi connectivity index (χ3v) is 6.18. The lowest BCUT2D eigenvalue weighted by Crippen LogP contribution is -2.44. The zero-order chi connectivity index (χ0) is 19.7. The minimum Gasteiger partial charge on any atom is -0.353 e. The summed E-state index contributed by atoms with van der Waals surface area (Å²) in [5.74, 6) is 0.519. The van der Waals surface area contributed by atoms with Crippen molar-refractivity contribution in [1.82, 2.24) is 19.9 Å². The molecule has 0 spiro atoms. The second kappa shape index (κ2) is 7.87. The van der Waals surface area contributed by atoms with Crippen LogP contribution in [0.5, 0.6) is 0 Å². The molecule has 3 N–H and O–H groups in total. The highest BCUT2D eigenvalue weighted by Crippen LogP contribution is 2.25. The molecular weight excluding hydrogens is 350 g/mol. The molecule has 1 amide bonds. The van der Waals surface area contributed by atoms with Crippen LogP contribution in [-0.4, -0.2) is 33.1 Å². The van der Waals surface area contributed by atoms with Crippen molar-refractivity contribution >= 4 is 22.5 Å². The maximum Gasteiger partial charge on any atom is 0.220 e. The maximum absolute atomic E-state index is 12.6. The highest BCUT2D eigenvalue weighted by Gasteiger charge is 2.25. The monoisotopic (exact) mass is 379 g/mol. The molecule has 6 heteroatoms. The van der Waals surface area contributed by atoms with Gasteiger partial charge in [0.2, 0.25) is 5.91 Å². The quantitative estimate of drug-likeness (QED) is 0.713. The Balaban J connectivity index is 1.51. The standard InChI is InChI=1S/C22H29N5O/c1-14-17(11-12-21(28)25-19-9-5-3-7-16(19)13-23)15(2)27-22(24-14)18-8-4-6-10-20(18)26-27/h4,6,8,10,16,19H,3,5,7,9,11-13,23H2,1-2H3,(H,25,28). The Morgan fingerprint density at radius 3 is 2.86 bits per heavy atom. The molecule has 2 unspecified atom stereocenters. The number of aryl methyl sites for hydroxylation is 2. The van der Waals surface area contributed by atoms with Crippen molar-refractivity contribution in [2.24, 2.45) is 11.7 Å². The molecule has 3 aromatic rings. The average molecular weight is 380 g/mol. The van der Waals surface area contributed by atoms with E-state index in [4.69, 9.17) is 15.8 Å². The van der Waals surface area contributed by atoms with Gasteiger partial charge in [0.1, 0.15) is 0 Å². The summed E-state index contributed by atoms with van der Waals surface area (Å²) in [5, 5.41) is 8.98. The molecule has 0 aliphatic heterocycles.